The van der Waals surface area contributed by atoms with Crippen molar-refractivity contribution in [1.29, 1.82) is 0 Å². The van der Waals surface area contributed by atoms with Crippen LogP contribution in [0, 0.1) is 34.5 Å². The highest BCUT2D eigenvalue weighted by atomic mass is 16.3. The largest absolute Gasteiger partial charge is 0.390 e. The molecule has 4 aliphatic carbocycles. The van der Waals surface area contributed by atoms with Crippen molar-refractivity contribution in [2.24, 2.45) is 34.5 Å². The van der Waals surface area contributed by atoms with Crippen molar-refractivity contribution in [2.75, 3.05) is 0 Å². The van der Waals surface area contributed by atoms with E-state index in [0.29, 0.717) is 38.0 Å². The molecule has 4 rings (SSSR count). The standard InChI is InChI=1S/C27H44O6/c1-15(2)6-7-23(31)26(5,32)22-9-11-27(33)17-12-19(28)18-13-20(29)21(30)14-24(18,3)16(17)8-10-25(22,27)4/h12,15-16,18,20-23,29-33H,6-11,13-14H2,1-5H3/t16?,18?,20-,21+,22?,23-,24?,25?,26-,27-/m1/s1. The number of aliphatic hydroxyl groups is 5. The van der Waals surface area contributed by atoms with E-state index in [9.17, 15) is 30.3 Å². The summed E-state index contributed by atoms with van der Waals surface area (Å²) in [5.74, 6) is -0.331. The molecule has 0 aromatic rings. The Bertz CT molecular complexity index is 819. The average molecular weight is 465 g/mol. The summed E-state index contributed by atoms with van der Waals surface area (Å²) in [6.07, 6.45) is 3.39. The molecule has 0 radical (unpaired) electrons. The van der Waals surface area contributed by atoms with E-state index in [4.69, 9.17) is 0 Å². The minimum absolute atomic E-state index is 0.0463. The molecule has 188 valence electrons. The Balaban J connectivity index is 1.68. The van der Waals surface area contributed by atoms with E-state index in [0.717, 1.165) is 18.4 Å². The molecular weight excluding hydrogens is 420 g/mol. The molecule has 6 heteroatoms. The number of allylic oxidation sites excluding steroid dienone is 1. The molecule has 3 saturated carbocycles. The van der Waals surface area contributed by atoms with E-state index in [2.05, 4.69) is 13.8 Å². The van der Waals surface area contributed by atoms with Gasteiger partial charge in [-0.25, -0.2) is 0 Å². The molecule has 10 atom stereocenters. The lowest BCUT2D eigenvalue weighted by atomic mass is 9.45. The molecule has 0 spiro atoms. The first-order chi connectivity index (χ1) is 15.2. The maximum atomic E-state index is 13.2. The van der Waals surface area contributed by atoms with Gasteiger partial charge in [-0.05, 0) is 93.1 Å². The Morgan fingerprint density at radius 2 is 1.76 bits per heavy atom. The third-order valence-corrected chi connectivity index (χ3v) is 10.5. The number of hydrogen-bond donors (Lipinski definition) is 5. The molecule has 0 amide bonds. The third kappa shape index (κ3) is 3.58. The molecule has 6 nitrogen and oxygen atoms in total. The van der Waals surface area contributed by atoms with Gasteiger partial charge in [0.15, 0.2) is 5.78 Å². The average Bonchev–Trinajstić information content (AvgIpc) is 3.00. The molecule has 0 saturated heterocycles. The van der Waals surface area contributed by atoms with E-state index < -0.39 is 40.3 Å². The highest BCUT2D eigenvalue weighted by Crippen LogP contribution is 2.68. The number of ketones is 1. The second kappa shape index (κ2) is 8.12. The first-order valence-electron chi connectivity index (χ1n) is 12.9. The van der Waals surface area contributed by atoms with Crippen LogP contribution < -0.4 is 0 Å². The second-order valence-corrected chi connectivity index (χ2v) is 12.8. The number of aliphatic hydroxyl groups excluding tert-OH is 3. The Morgan fingerprint density at radius 3 is 2.39 bits per heavy atom. The van der Waals surface area contributed by atoms with Gasteiger partial charge in [0.1, 0.15) is 0 Å². The summed E-state index contributed by atoms with van der Waals surface area (Å²) in [5.41, 5.74) is -2.98. The second-order valence-electron chi connectivity index (χ2n) is 12.8. The lowest BCUT2D eigenvalue weighted by Gasteiger charge is -2.60. The normalized spacial score (nSPS) is 47.9. The van der Waals surface area contributed by atoms with Crippen molar-refractivity contribution in [2.45, 2.75) is 115 Å². The van der Waals surface area contributed by atoms with E-state index in [-0.39, 0.29) is 30.0 Å². The van der Waals surface area contributed by atoms with Crippen molar-refractivity contribution >= 4 is 5.78 Å². The van der Waals surface area contributed by atoms with Gasteiger partial charge in [0, 0.05) is 11.3 Å². The van der Waals surface area contributed by atoms with Crippen LogP contribution in [0.5, 0.6) is 0 Å². The molecule has 5 N–H and O–H groups in total. The summed E-state index contributed by atoms with van der Waals surface area (Å²) in [5, 5.41) is 55.4. The van der Waals surface area contributed by atoms with Crippen LogP contribution in [-0.4, -0.2) is 60.8 Å². The maximum absolute atomic E-state index is 13.2. The van der Waals surface area contributed by atoms with Crippen molar-refractivity contribution < 1.29 is 30.3 Å². The van der Waals surface area contributed by atoms with Crippen LogP contribution in [0.2, 0.25) is 0 Å². The van der Waals surface area contributed by atoms with Gasteiger partial charge in [-0.3, -0.25) is 4.79 Å². The summed E-state index contributed by atoms with van der Waals surface area (Å²) in [4.78, 5) is 13.2. The zero-order valence-corrected chi connectivity index (χ0v) is 20.9. The minimum atomic E-state index is -1.34. The molecule has 4 aliphatic rings. The predicted octanol–water partition coefficient (Wildman–Crippen LogP) is 2.74. The Morgan fingerprint density at radius 1 is 1.09 bits per heavy atom. The zero-order valence-electron chi connectivity index (χ0n) is 20.9. The van der Waals surface area contributed by atoms with Crippen LogP contribution in [0.25, 0.3) is 0 Å². The highest BCUT2D eigenvalue weighted by molar-refractivity contribution is 5.95. The monoisotopic (exact) mass is 464 g/mol. The van der Waals surface area contributed by atoms with Gasteiger partial charge < -0.3 is 25.5 Å². The summed E-state index contributed by atoms with van der Waals surface area (Å²) >= 11 is 0. The minimum Gasteiger partial charge on any atom is -0.390 e. The predicted molar refractivity (Wildman–Crippen MR) is 125 cm³/mol. The number of hydrogen-bond acceptors (Lipinski definition) is 6. The molecule has 0 heterocycles. The number of carbonyl (C=O) groups is 1. The lowest BCUT2D eigenvalue weighted by molar-refractivity contribution is -0.176. The van der Waals surface area contributed by atoms with E-state index >= 15 is 0 Å². The van der Waals surface area contributed by atoms with Crippen LogP contribution in [0.15, 0.2) is 11.6 Å². The summed E-state index contributed by atoms with van der Waals surface area (Å²) in [6, 6.07) is 0. The molecule has 0 aromatic heterocycles. The van der Waals surface area contributed by atoms with Crippen LogP contribution >= 0.6 is 0 Å². The number of carbonyl (C=O) groups excluding carboxylic acids is 1. The summed E-state index contributed by atoms with van der Waals surface area (Å²) in [6.45, 7) is 9.96. The van der Waals surface area contributed by atoms with Gasteiger partial charge in [0.25, 0.3) is 0 Å². The molecular formula is C27H44O6. The number of rotatable bonds is 5. The van der Waals surface area contributed by atoms with Crippen molar-refractivity contribution in [3.63, 3.8) is 0 Å². The number of fused-ring (bicyclic) bond motifs is 5. The molecule has 0 bridgehead atoms. The summed E-state index contributed by atoms with van der Waals surface area (Å²) in [7, 11) is 0. The molecule has 3 fully saturated rings. The molecule has 5 unspecified atom stereocenters. The first kappa shape index (κ1) is 25.3. The van der Waals surface area contributed by atoms with Gasteiger partial charge in [0.2, 0.25) is 0 Å². The van der Waals surface area contributed by atoms with Gasteiger partial charge in [-0.1, -0.05) is 27.7 Å². The lowest BCUT2D eigenvalue weighted by Crippen LogP contribution is -2.62. The molecule has 0 aliphatic heterocycles. The molecule has 0 aromatic carbocycles. The fraction of sp³-hybridized carbons (Fsp3) is 0.889. The zero-order chi connectivity index (χ0) is 24.6. The van der Waals surface area contributed by atoms with Gasteiger partial charge in [-0.2, -0.15) is 0 Å². The Kier molecular flexibility index (Phi) is 6.23. The SMILES string of the molecule is CC(C)CC[C@@H](O)[C@](C)(O)C1CC[C@@]2(O)C3=CC(=O)C4C[C@@H](O)[C@@H](O)CC4(C)C3CCC12C. The Labute approximate surface area is 198 Å². The fourth-order valence-corrected chi connectivity index (χ4v) is 8.32. The van der Waals surface area contributed by atoms with Crippen LogP contribution in [-0.2, 0) is 4.79 Å². The van der Waals surface area contributed by atoms with Crippen molar-refractivity contribution in [3.05, 3.63) is 11.6 Å². The van der Waals surface area contributed by atoms with Crippen LogP contribution in [0.3, 0.4) is 0 Å². The van der Waals surface area contributed by atoms with Gasteiger partial charge in [-0.15, -0.1) is 0 Å². The molecule has 33 heavy (non-hydrogen) atoms. The van der Waals surface area contributed by atoms with Gasteiger partial charge >= 0.3 is 0 Å². The Hall–Kier alpha value is -0.790. The van der Waals surface area contributed by atoms with E-state index in [1.165, 1.54) is 0 Å². The smallest absolute Gasteiger partial charge is 0.159 e. The van der Waals surface area contributed by atoms with E-state index in [1.807, 2.05) is 13.8 Å². The van der Waals surface area contributed by atoms with Crippen LogP contribution in [0.4, 0.5) is 0 Å². The summed E-state index contributed by atoms with van der Waals surface area (Å²) < 4.78 is 0. The first-order valence-corrected chi connectivity index (χ1v) is 12.9. The van der Waals surface area contributed by atoms with E-state index in [1.54, 1.807) is 13.0 Å². The highest BCUT2D eigenvalue weighted by Gasteiger charge is 2.69. The maximum Gasteiger partial charge on any atom is 0.159 e. The van der Waals surface area contributed by atoms with Crippen molar-refractivity contribution in [1.82, 2.24) is 0 Å². The topological polar surface area (TPSA) is 118 Å². The third-order valence-electron chi connectivity index (χ3n) is 10.5. The quantitative estimate of drug-likeness (QED) is 0.427. The van der Waals surface area contributed by atoms with Gasteiger partial charge in [0.05, 0.1) is 29.5 Å². The van der Waals surface area contributed by atoms with Crippen LogP contribution in [0.1, 0.15) is 86.0 Å². The van der Waals surface area contributed by atoms with Crippen molar-refractivity contribution in [3.8, 4) is 0 Å². The fourth-order valence-electron chi connectivity index (χ4n) is 8.32.